The molecule has 0 atom stereocenters. The zero-order chi connectivity index (χ0) is 19.5. The van der Waals surface area contributed by atoms with Crippen molar-refractivity contribution in [2.45, 2.75) is 13.1 Å². The SMILES string of the molecule is O=C(NCCn1c(=O)n(Cc2ccc(F)cc2)c2cccnc21)c1ccco1. The topological polar surface area (TPSA) is 82.1 Å². The van der Waals surface area contributed by atoms with E-state index in [4.69, 9.17) is 4.42 Å². The molecule has 28 heavy (non-hydrogen) atoms. The summed E-state index contributed by atoms with van der Waals surface area (Å²) in [6, 6.07) is 12.8. The van der Waals surface area contributed by atoms with Crippen molar-refractivity contribution in [3.05, 3.63) is 88.6 Å². The standard InChI is InChI=1S/C20H17FN4O3/c21-15-7-5-14(6-8-15)13-25-16-3-1-9-22-18(16)24(20(25)27)11-10-23-19(26)17-4-2-12-28-17/h1-9,12H,10-11,13H2,(H,23,26). The van der Waals surface area contributed by atoms with E-state index in [0.717, 1.165) is 5.56 Å². The number of carbonyl (C=O) groups is 1. The highest BCUT2D eigenvalue weighted by Gasteiger charge is 2.15. The Labute approximate surface area is 159 Å². The highest BCUT2D eigenvalue weighted by Crippen LogP contribution is 2.13. The lowest BCUT2D eigenvalue weighted by molar-refractivity contribution is 0.0924. The molecule has 1 N–H and O–H groups in total. The van der Waals surface area contributed by atoms with E-state index in [9.17, 15) is 14.0 Å². The summed E-state index contributed by atoms with van der Waals surface area (Å²) in [6.45, 7) is 0.800. The van der Waals surface area contributed by atoms with Gasteiger partial charge >= 0.3 is 5.69 Å². The first-order valence-electron chi connectivity index (χ1n) is 8.73. The molecule has 0 spiro atoms. The van der Waals surface area contributed by atoms with E-state index in [1.54, 1.807) is 41.1 Å². The zero-order valence-electron chi connectivity index (χ0n) is 14.8. The number of benzene rings is 1. The fourth-order valence-electron chi connectivity index (χ4n) is 3.05. The molecule has 1 aromatic carbocycles. The number of hydrogen-bond donors (Lipinski definition) is 1. The van der Waals surface area contributed by atoms with Gasteiger partial charge in [0.15, 0.2) is 11.4 Å². The van der Waals surface area contributed by atoms with Crippen LogP contribution in [0.25, 0.3) is 11.2 Å². The normalized spacial score (nSPS) is 11.0. The van der Waals surface area contributed by atoms with Crippen LogP contribution in [0.1, 0.15) is 16.1 Å². The van der Waals surface area contributed by atoms with E-state index in [1.165, 1.54) is 23.0 Å². The van der Waals surface area contributed by atoms with Crippen LogP contribution in [0, 0.1) is 5.82 Å². The summed E-state index contributed by atoms with van der Waals surface area (Å²) >= 11 is 0. The largest absolute Gasteiger partial charge is 0.459 e. The van der Waals surface area contributed by atoms with Gasteiger partial charge in [0.1, 0.15) is 5.82 Å². The van der Waals surface area contributed by atoms with Crippen molar-refractivity contribution in [1.82, 2.24) is 19.4 Å². The molecule has 3 heterocycles. The van der Waals surface area contributed by atoms with Crippen LogP contribution in [0.2, 0.25) is 0 Å². The van der Waals surface area contributed by atoms with Crippen molar-refractivity contribution in [3.63, 3.8) is 0 Å². The van der Waals surface area contributed by atoms with Crippen LogP contribution in [-0.4, -0.2) is 26.6 Å². The maximum Gasteiger partial charge on any atom is 0.330 e. The minimum absolute atomic E-state index is 0.212. The predicted octanol–water partition coefficient (Wildman–Crippen LogP) is 2.41. The average molecular weight is 380 g/mol. The number of rotatable bonds is 6. The first-order chi connectivity index (χ1) is 13.6. The van der Waals surface area contributed by atoms with Crippen molar-refractivity contribution in [2.24, 2.45) is 0 Å². The summed E-state index contributed by atoms with van der Waals surface area (Å²) in [5.41, 5.74) is 1.76. The number of imidazole rings is 1. The average Bonchev–Trinajstić information content (AvgIpc) is 3.33. The third-order valence-electron chi connectivity index (χ3n) is 4.39. The first-order valence-corrected chi connectivity index (χ1v) is 8.73. The maximum atomic E-state index is 13.1. The lowest BCUT2D eigenvalue weighted by Gasteiger charge is -2.05. The van der Waals surface area contributed by atoms with E-state index in [2.05, 4.69) is 10.3 Å². The Hall–Kier alpha value is -3.68. The molecule has 142 valence electrons. The lowest BCUT2D eigenvalue weighted by atomic mass is 10.2. The molecule has 7 nitrogen and oxygen atoms in total. The minimum Gasteiger partial charge on any atom is -0.459 e. The molecular weight excluding hydrogens is 363 g/mol. The van der Waals surface area contributed by atoms with E-state index in [-0.39, 0.29) is 36.3 Å². The molecule has 4 aromatic rings. The van der Waals surface area contributed by atoms with Gasteiger partial charge in [-0.25, -0.2) is 14.2 Å². The van der Waals surface area contributed by atoms with Crippen LogP contribution in [0.3, 0.4) is 0 Å². The second kappa shape index (κ2) is 7.51. The highest BCUT2D eigenvalue weighted by molar-refractivity contribution is 5.91. The molecule has 0 aliphatic rings. The van der Waals surface area contributed by atoms with Crippen LogP contribution in [-0.2, 0) is 13.1 Å². The Kier molecular flexibility index (Phi) is 4.76. The Morgan fingerprint density at radius 3 is 2.68 bits per heavy atom. The van der Waals surface area contributed by atoms with E-state index >= 15 is 0 Å². The smallest absolute Gasteiger partial charge is 0.330 e. The van der Waals surface area contributed by atoms with Gasteiger partial charge < -0.3 is 9.73 Å². The van der Waals surface area contributed by atoms with Gasteiger partial charge in [-0.3, -0.25) is 13.9 Å². The van der Waals surface area contributed by atoms with E-state index < -0.39 is 0 Å². The van der Waals surface area contributed by atoms with Gasteiger partial charge in [-0.2, -0.15) is 0 Å². The van der Waals surface area contributed by atoms with Crippen LogP contribution in [0.15, 0.2) is 70.2 Å². The van der Waals surface area contributed by atoms with Crippen LogP contribution in [0.5, 0.6) is 0 Å². The van der Waals surface area contributed by atoms with E-state index in [0.29, 0.717) is 17.7 Å². The van der Waals surface area contributed by atoms with Gasteiger partial charge in [0.2, 0.25) is 0 Å². The second-order valence-corrected chi connectivity index (χ2v) is 6.23. The molecule has 0 saturated carbocycles. The number of carbonyl (C=O) groups excluding carboxylic acids is 1. The number of nitrogens with one attached hydrogen (secondary N) is 1. The van der Waals surface area contributed by atoms with Gasteiger partial charge in [0.05, 0.1) is 18.3 Å². The van der Waals surface area contributed by atoms with Gasteiger partial charge in [0, 0.05) is 19.3 Å². The first kappa shape index (κ1) is 17.7. The molecule has 3 aromatic heterocycles. The molecule has 0 fully saturated rings. The van der Waals surface area contributed by atoms with Gasteiger partial charge in [-0.1, -0.05) is 12.1 Å². The number of hydrogen-bond acceptors (Lipinski definition) is 4. The fourth-order valence-corrected chi connectivity index (χ4v) is 3.05. The van der Waals surface area contributed by atoms with Crippen molar-refractivity contribution in [1.29, 1.82) is 0 Å². The summed E-state index contributed by atoms with van der Waals surface area (Å²) < 4.78 is 21.3. The summed E-state index contributed by atoms with van der Waals surface area (Å²) in [7, 11) is 0. The van der Waals surface area contributed by atoms with Crippen LogP contribution in [0.4, 0.5) is 4.39 Å². The zero-order valence-corrected chi connectivity index (χ0v) is 14.8. The maximum absolute atomic E-state index is 13.1. The molecule has 0 radical (unpaired) electrons. The summed E-state index contributed by atoms with van der Waals surface area (Å²) in [6.07, 6.45) is 3.04. The monoisotopic (exact) mass is 380 g/mol. The summed E-state index contributed by atoms with van der Waals surface area (Å²) in [5.74, 6) is -0.460. The number of pyridine rings is 1. The molecule has 0 saturated heterocycles. The summed E-state index contributed by atoms with van der Waals surface area (Å²) in [5, 5.41) is 2.72. The van der Waals surface area contributed by atoms with Crippen molar-refractivity contribution >= 4 is 17.1 Å². The number of amides is 1. The highest BCUT2D eigenvalue weighted by atomic mass is 19.1. The predicted molar refractivity (Wildman–Crippen MR) is 101 cm³/mol. The lowest BCUT2D eigenvalue weighted by Crippen LogP contribution is -2.31. The van der Waals surface area contributed by atoms with E-state index in [1.807, 2.05) is 6.07 Å². The van der Waals surface area contributed by atoms with Crippen molar-refractivity contribution < 1.29 is 13.6 Å². The Balaban J connectivity index is 1.58. The Morgan fingerprint density at radius 1 is 1.11 bits per heavy atom. The quantitative estimate of drug-likeness (QED) is 0.557. The molecule has 0 aliphatic heterocycles. The summed E-state index contributed by atoms with van der Waals surface area (Å²) in [4.78, 5) is 29.2. The molecule has 0 bridgehead atoms. The molecule has 0 unspecified atom stereocenters. The molecule has 1 amide bonds. The fraction of sp³-hybridized carbons (Fsp3) is 0.150. The number of nitrogens with zero attached hydrogens (tertiary/aromatic N) is 3. The Bertz CT molecular complexity index is 1160. The molecule has 8 heteroatoms. The van der Waals surface area contributed by atoms with Gasteiger partial charge in [-0.15, -0.1) is 0 Å². The van der Waals surface area contributed by atoms with Gasteiger partial charge in [0.25, 0.3) is 5.91 Å². The Morgan fingerprint density at radius 2 is 1.93 bits per heavy atom. The number of aromatic nitrogens is 3. The second-order valence-electron chi connectivity index (χ2n) is 6.23. The number of furan rings is 1. The number of halogens is 1. The van der Waals surface area contributed by atoms with Crippen molar-refractivity contribution in [2.75, 3.05) is 6.54 Å². The minimum atomic E-state index is -0.346. The molecule has 0 aliphatic carbocycles. The third kappa shape index (κ3) is 3.44. The van der Waals surface area contributed by atoms with Crippen molar-refractivity contribution in [3.8, 4) is 0 Å². The van der Waals surface area contributed by atoms with Crippen LogP contribution < -0.4 is 11.0 Å². The van der Waals surface area contributed by atoms with Crippen LogP contribution >= 0.6 is 0 Å². The van der Waals surface area contributed by atoms with Gasteiger partial charge in [-0.05, 0) is 42.0 Å². The number of fused-ring (bicyclic) bond motifs is 1. The third-order valence-corrected chi connectivity index (χ3v) is 4.39. The molecule has 4 rings (SSSR count). The molecular formula is C20H17FN4O3.